The molecule has 96 valence electrons. The number of H-pyrrole nitrogens is 1. The second-order valence-electron chi connectivity index (χ2n) is 4.51. The molecule has 0 saturated carbocycles. The fourth-order valence-corrected chi connectivity index (χ4v) is 3.56. The molecule has 2 heterocycles. The Bertz CT molecular complexity index is 575. The molecule has 1 saturated heterocycles. The number of aromatic nitrogens is 1. The summed E-state index contributed by atoms with van der Waals surface area (Å²) in [6.07, 6.45) is 2.79. The van der Waals surface area contributed by atoms with Gasteiger partial charge in [-0.1, -0.05) is 18.2 Å². The van der Waals surface area contributed by atoms with Crippen LogP contribution < -0.4 is 0 Å². The third-order valence-corrected chi connectivity index (χ3v) is 4.96. The molecular formula is C13H16N2O2S. The molecule has 2 aromatic rings. The molecule has 3 rings (SSSR count). The van der Waals surface area contributed by atoms with Gasteiger partial charge < -0.3 is 9.72 Å². The highest BCUT2D eigenvalue weighted by molar-refractivity contribution is 7.83. The minimum absolute atomic E-state index is 0.250. The molecule has 5 heteroatoms. The molecule has 1 fully saturated rings. The molecule has 1 N–H and O–H groups in total. The number of hydrogen-bond acceptors (Lipinski definition) is 2. The second-order valence-corrected chi connectivity index (χ2v) is 6.03. The Morgan fingerprint density at radius 1 is 1.44 bits per heavy atom. The van der Waals surface area contributed by atoms with Crippen molar-refractivity contribution in [2.75, 3.05) is 20.3 Å². The van der Waals surface area contributed by atoms with Gasteiger partial charge in [0.05, 0.1) is 11.5 Å². The lowest BCUT2D eigenvalue weighted by Gasteiger charge is -2.20. The van der Waals surface area contributed by atoms with Crippen molar-refractivity contribution in [2.24, 2.45) is 0 Å². The minimum atomic E-state index is -1.14. The number of fused-ring (bicyclic) bond motifs is 1. The van der Waals surface area contributed by atoms with Gasteiger partial charge in [0.25, 0.3) is 0 Å². The van der Waals surface area contributed by atoms with E-state index in [1.165, 1.54) is 0 Å². The average molecular weight is 264 g/mol. The van der Waals surface area contributed by atoms with Gasteiger partial charge >= 0.3 is 0 Å². The first kappa shape index (κ1) is 11.9. The quantitative estimate of drug-likeness (QED) is 0.920. The maximum atomic E-state index is 12.6. The highest BCUT2D eigenvalue weighted by atomic mass is 32.2. The third kappa shape index (κ3) is 1.98. The monoisotopic (exact) mass is 264 g/mol. The first-order chi connectivity index (χ1) is 8.77. The van der Waals surface area contributed by atoms with Gasteiger partial charge in [-0.2, -0.15) is 0 Å². The Morgan fingerprint density at radius 3 is 3.06 bits per heavy atom. The molecule has 1 aliphatic rings. The van der Waals surface area contributed by atoms with Crippen molar-refractivity contribution >= 4 is 21.9 Å². The van der Waals surface area contributed by atoms with Gasteiger partial charge in [-0.25, -0.2) is 8.51 Å². The normalized spacial score (nSPS) is 21.8. The van der Waals surface area contributed by atoms with Gasteiger partial charge in [0.1, 0.15) is 11.0 Å². The number of aromatic amines is 1. The van der Waals surface area contributed by atoms with Crippen LogP contribution in [-0.4, -0.2) is 39.8 Å². The van der Waals surface area contributed by atoms with Crippen molar-refractivity contribution in [1.29, 1.82) is 0 Å². The highest BCUT2D eigenvalue weighted by Gasteiger charge is 2.26. The Labute approximate surface area is 109 Å². The number of para-hydroxylation sites is 1. The van der Waals surface area contributed by atoms with Crippen LogP contribution in [0.1, 0.15) is 6.42 Å². The average Bonchev–Trinajstić information content (AvgIpc) is 3.06. The van der Waals surface area contributed by atoms with Crippen LogP contribution in [-0.2, 0) is 15.7 Å². The van der Waals surface area contributed by atoms with Crippen LogP contribution in [0.25, 0.3) is 10.9 Å². The van der Waals surface area contributed by atoms with Gasteiger partial charge in [0.15, 0.2) is 0 Å². The summed E-state index contributed by atoms with van der Waals surface area (Å²) in [6.45, 7) is 1.44. The highest BCUT2D eigenvalue weighted by Crippen LogP contribution is 2.24. The smallest absolute Gasteiger partial charge is 0.129 e. The van der Waals surface area contributed by atoms with Crippen molar-refractivity contribution < 1.29 is 8.95 Å². The van der Waals surface area contributed by atoms with Gasteiger partial charge in [0.2, 0.25) is 0 Å². The second kappa shape index (κ2) is 4.84. The first-order valence-electron chi connectivity index (χ1n) is 6.06. The Kier molecular flexibility index (Phi) is 3.20. The molecule has 1 unspecified atom stereocenters. The van der Waals surface area contributed by atoms with Gasteiger partial charge in [0, 0.05) is 36.8 Å². The fourth-order valence-electron chi connectivity index (χ4n) is 2.29. The van der Waals surface area contributed by atoms with Crippen molar-refractivity contribution in [3.8, 4) is 0 Å². The summed E-state index contributed by atoms with van der Waals surface area (Å²) in [5.41, 5.74) is 1.02. The number of likely N-dealkylation sites (N-methyl/N-ethyl adjacent to an activating group) is 1. The lowest BCUT2D eigenvalue weighted by Crippen LogP contribution is -2.33. The summed E-state index contributed by atoms with van der Waals surface area (Å²) in [4.78, 5) is 4.01. The SMILES string of the molecule is CN([C@@H]1CCOC1)S(=O)c1c[nH]c2ccccc12. The van der Waals surface area contributed by atoms with Crippen LogP contribution >= 0.6 is 0 Å². The summed E-state index contributed by atoms with van der Waals surface area (Å²) in [5.74, 6) is 0. The minimum Gasteiger partial charge on any atom is -0.380 e. The maximum absolute atomic E-state index is 12.6. The van der Waals surface area contributed by atoms with Gasteiger partial charge in [-0.3, -0.25) is 0 Å². The Morgan fingerprint density at radius 2 is 2.28 bits per heavy atom. The largest absolute Gasteiger partial charge is 0.380 e. The topological polar surface area (TPSA) is 45.3 Å². The summed E-state index contributed by atoms with van der Waals surface area (Å²) in [7, 11) is 0.761. The molecule has 2 atom stereocenters. The number of nitrogens with one attached hydrogen (secondary N) is 1. The van der Waals surface area contributed by atoms with E-state index in [1.807, 2.05) is 41.8 Å². The van der Waals surface area contributed by atoms with E-state index < -0.39 is 11.0 Å². The molecule has 1 aromatic carbocycles. The number of benzene rings is 1. The summed E-state index contributed by atoms with van der Waals surface area (Å²) >= 11 is 0. The van der Waals surface area contributed by atoms with E-state index >= 15 is 0 Å². The number of rotatable bonds is 3. The van der Waals surface area contributed by atoms with E-state index in [4.69, 9.17) is 4.74 Å². The lowest BCUT2D eigenvalue weighted by molar-refractivity contribution is 0.182. The van der Waals surface area contributed by atoms with Crippen molar-refractivity contribution in [3.05, 3.63) is 30.5 Å². The number of hydrogen-bond donors (Lipinski definition) is 1. The predicted octanol–water partition coefficient (Wildman–Crippen LogP) is 1.91. The fraction of sp³-hybridized carbons (Fsp3) is 0.385. The molecule has 18 heavy (non-hydrogen) atoms. The lowest BCUT2D eigenvalue weighted by atomic mass is 10.2. The number of ether oxygens (including phenoxy) is 1. The Balaban J connectivity index is 1.91. The van der Waals surface area contributed by atoms with Crippen LogP contribution in [0, 0.1) is 0 Å². The molecular weight excluding hydrogens is 248 g/mol. The predicted molar refractivity (Wildman–Crippen MR) is 71.7 cm³/mol. The summed E-state index contributed by atoms with van der Waals surface area (Å²) in [5, 5.41) is 1.03. The molecule has 0 bridgehead atoms. The van der Waals surface area contributed by atoms with Crippen molar-refractivity contribution in [3.63, 3.8) is 0 Å². The van der Waals surface area contributed by atoms with Crippen molar-refractivity contribution in [2.45, 2.75) is 17.4 Å². The molecule has 4 nitrogen and oxygen atoms in total. The van der Waals surface area contributed by atoms with Crippen LogP contribution in [0.5, 0.6) is 0 Å². The zero-order valence-corrected chi connectivity index (χ0v) is 11.1. The molecule has 0 amide bonds. The third-order valence-electron chi connectivity index (χ3n) is 3.42. The Hall–Kier alpha value is -1.17. The molecule has 1 aromatic heterocycles. The van der Waals surface area contributed by atoms with E-state index in [1.54, 1.807) is 0 Å². The standard InChI is InChI=1S/C13H16N2O2S/c1-15(10-6-7-17-9-10)18(16)13-8-14-12-5-3-2-4-11(12)13/h2-5,8,10,14H,6-7,9H2,1H3/t10-,18?/m1/s1. The molecule has 0 aliphatic carbocycles. The maximum Gasteiger partial charge on any atom is 0.129 e. The molecule has 0 radical (unpaired) electrons. The first-order valence-corrected chi connectivity index (χ1v) is 7.16. The van der Waals surface area contributed by atoms with E-state index in [0.717, 1.165) is 28.8 Å². The van der Waals surface area contributed by atoms with Crippen LogP contribution in [0.4, 0.5) is 0 Å². The zero-order valence-electron chi connectivity index (χ0n) is 10.3. The van der Waals surface area contributed by atoms with Crippen molar-refractivity contribution in [1.82, 2.24) is 9.29 Å². The van der Waals surface area contributed by atoms with E-state index in [2.05, 4.69) is 4.98 Å². The van der Waals surface area contributed by atoms with Crippen LogP contribution in [0.3, 0.4) is 0 Å². The summed E-state index contributed by atoms with van der Waals surface area (Å²) < 4.78 is 19.8. The van der Waals surface area contributed by atoms with Crippen LogP contribution in [0.15, 0.2) is 35.4 Å². The van der Waals surface area contributed by atoms with E-state index in [9.17, 15) is 4.21 Å². The summed E-state index contributed by atoms with van der Waals surface area (Å²) in [6, 6.07) is 8.18. The van der Waals surface area contributed by atoms with Gasteiger partial charge in [-0.05, 0) is 12.5 Å². The molecule has 0 spiro atoms. The van der Waals surface area contributed by atoms with Crippen LogP contribution in [0.2, 0.25) is 0 Å². The zero-order chi connectivity index (χ0) is 12.5. The number of nitrogens with zero attached hydrogens (tertiary/aromatic N) is 1. The van der Waals surface area contributed by atoms with E-state index in [-0.39, 0.29) is 6.04 Å². The van der Waals surface area contributed by atoms with E-state index in [0.29, 0.717) is 6.61 Å². The van der Waals surface area contributed by atoms with Gasteiger partial charge in [-0.15, -0.1) is 0 Å². The molecule has 1 aliphatic heterocycles.